The van der Waals surface area contributed by atoms with Crippen LogP contribution in [0, 0.1) is 0 Å². The number of amides is 1. The first kappa shape index (κ1) is 16.7. The Hall–Kier alpha value is -2.75. The molecule has 0 aliphatic carbocycles. The third kappa shape index (κ3) is 3.32. The van der Waals surface area contributed by atoms with Gasteiger partial charge in [-0.05, 0) is 38.1 Å². The molecule has 0 spiro atoms. The number of hydrogen-bond donors (Lipinski definition) is 5. The van der Waals surface area contributed by atoms with Crippen molar-refractivity contribution in [1.82, 2.24) is 30.4 Å². The summed E-state index contributed by atoms with van der Waals surface area (Å²) in [6.07, 6.45) is 5.74. The minimum atomic E-state index is -0.931. The second kappa shape index (κ2) is 7.24. The number of rotatable bonds is 5. The highest BCUT2D eigenvalue weighted by atomic mass is 16.3. The molecule has 9 heteroatoms. The van der Waals surface area contributed by atoms with Crippen LogP contribution in [-0.2, 0) is 0 Å². The molecule has 1 aliphatic rings. The van der Waals surface area contributed by atoms with Gasteiger partial charge in [-0.3, -0.25) is 15.2 Å². The lowest BCUT2D eigenvalue weighted by Crippen LogP contribution is -2.41. The number of pyridine rings is 1. The SMILES string of the molecule is O=C(Nc1cn[nH]c1C(O)NC1CCNCC1)c1cnn2ccccc12. The van der Waals surface area contributed by atoms with E-state index in [1.807, 2.05) is 18.2 Å². The van der Waals surface area contributed by atoms with E-state index in [0.717, 1.165) is 25.9 Å². The molecule has 1 aliphatic heterocycles. The van der Waals surface area contributed by atoms with Gasteiger partial charge in [-0.2, -0.15) is 10.2 Å². The first-order valence-electron chi connectivity index (χ1n) is 8.64. The van der Waals surface area contributed by atoms with Gasteiger partial charge in [0, 0.05) is 12.2 Å². The number of nitrogens with one attached hydrogen (secondary N) is 4. The van der Waals surface area contributed by atoms with E-state index in [4.69, 9.17) is 0 Å². The summed E-state index contributed by atoms with van der Waals surface area (Å²) in [5.41, 5.74) is 2.05. The largest absolute Gasteiger partial charge is 0.373 e. The van der Waals surface area contributed by atoms with Gasteiger partial charge in [0.15, 0.2) is 0 Å². The van der Waals surface area contributed by atoms with Crippen LogP contribution >= 0.6 is 0 Å². The first-order valence-corrected chi connectivity index (χ1v) is 8.64. The van der Waals surface area contributed by atoms with Crippen molar-refractivity contribution in [2.45, 2.75) is 25.1 Å². The molecule has 3 aromatic heterocycles. The number of fused-ring (bicyclic) bond motifs is 1. The molecular formula is C17H21N7O2. The number of aliphatic hydroxyl groups is 1. The zero-order chi connectivity index (χ0) is 17.9. The van der Waals surface area contributed by atoms with Crippen molar-refractivity contribution in [3.05, 3.63) is 48.0 Å². The molecule has 1 fully saturated rings. The zero-order valence-corrected chi connectivity index (χ0v) is 14.1. The summed E-state index contributed by atoms with van der Waals surface area (Å²) < 4.78 is 1.64. The fourth-order valence-electron chi connectivity index (χ4n) is 3.20. The van der Waals surface area contributed by atoms with Gasteiger partial charge in [0.05, 0.1) is 29.2 Å². The molecule has 26 heavy (non-hydrogen) atoms. The van der Waals surface area contributed by atoms with Crippen LogP contribution in [0.3, 0.4) is 0 Å². The van der Waals surface area contributed by atoms with Gasteiger partial charge in [-0.15, -0.1) is 0 Å². The van der Waals surface area contributed by atoms with Crippen LogP contribution in [0.4, 0.5) is 5.69 Å². The average Bonchev–Trinajstić information content (AvgIpc) is 3.29. The Balaban J connectivity index is 1.48. The van der Waals surface area contributed by atoms with Gasteiger partial charge < -0.3 is 15.7 Å². The Labute approximate surface area is 149 Å². The van der Waals surface area contributed by atoms with Crippen LogP contribution in [0.1, 0.15) is 35.1 Å². The number of carbonyl (C=O) groups is 1. The molecule has 0 bridgehead atoms. The number of carbonyl (C=O) groups excluding carboxylic acids is 1. The highest BCUT2D eigenvalue weighted by molar-refractivity contribution is 6.08. The molecule has 136 valence electrons. The lowest BCUT2D eigenvalue weighted by atomic mass is 10.1. The Kier molecular flexibility index (Phi) is 4.65. The van der Waals surface area contributed by atoms with Crippen molar-refractivity contribution in [1.29, 1.82) is 0 Å². The van der Waals surface area contributed by atoms with Crippen molar-refractivity contribution in [2.24, 2.45) is 0 Å². The Morgan fingerprint density at radius 3 is 3.00 bits per heavy atom. The predicted molar refractivity (Wildman–Crippen MR) is 95.7 cm³/mol. The summed E-state index contributed by atoms with van der Waals surface area (Å²) in [5, 5.41) is 30.6. The maximum Gasteiger partial charge on any atom is 0.259 e. The van der Waals surface area contributed by atoms with E-state index < -0.39 is 6.23 Å². The molecule has 0 radical (unpaired) electrons. The molecule has 1 saturated heterocycles. The highest BCUT2D eigenvalue weighted by Crippen LogP contribution is 2.21. The molecule has 1 unspecified atom stereocenters. The maximum atomic E-state index is 12.6. The number of nitrogens with zero attached hydrogens (tertiary/aromatic N) is 3. The summed E-state index contributed by atoms with van der Waals surface area (Å²) in [6, 6.07) is 5.74. The fraction of sp³-hybridized carbons (Fsp3) is 0.353. The molecular weight excluding hydrogens is 334 g/mol. The molecule has 0 saturated carbocycles. The van der Waals surface area contributed by atoms with Gasteiger partial charge >= 0.3 is 0 Å². The van der Waals surface area contributed by atoms with Crippen LogP contribution in [0.15, 0.2) is 36.8 Å². The number of anilines is 1. The van der Waals surface area contributed by atoms with E-state index >= 15 is 0 Å². The molecule has 0 aromatic carbocycles. The van der Waals surface area contributed by atoms with Gasteiger partial charge in [0.1, 0.15) is 11.9 Å². The fourth-order valence-corrected chi connectivity index (χ4v) is 3.20. The second-order valence-corrected chi connectivity index (χ2v) is 6.33. The number of aliphatic hydroxyl groups excluding tert-OH is 1. The molecule has 4 heterocycles. The number of hydrogen-bond acceptors (Lipinski definition) is 6. The van der Waals surface area contributed by atoms with E-state index in [9.17, 15) is 9.90 Å². The van der Waals surface area contributed by atoms with Crippen molar-refractivity contribution >= 4 is 17.1 Å². The summed E-state index contributed by atoms with van der Waals surface area (Å²) in [6.45, 7) is 1.84. The number of piperidine rings is 1. The monoisotopic (exact) mass is 355 g/mol. The molecule has 9 nitrogen and oxygen atoms in total. The Bertz CT molecular complexity index is 897. The quantitative estimate of drug-likeness (QED) is 0.429. The van der Waals surface area contributed by atoms with E-state index in [1.165, 1.54) is 12.4 Å². The van der Waals surface area contributed by atoms with E-state index in [0.29, 0.717) is 22.5 Å². The lowest BCUT2D eigenvalue weighted by molar-refractivity contribution is 0.102. The molecule has 3 aromatic rings. The van der Waals surface area contributed by atoms with Gasteiger partial charge in [0.2, 0.25) is 0 Å². The van der Waals surface area contributed by atoms with E-state index in [1.54, 1.807) is 10.7 Å². The van der Waals surface area contributed by atoms with Crippen molar-refractivity contribution in [2.75, 3.05) is 18.4 Å². The first-order chi connectivity index (χ1) is 12.7. The second-order valence-electron chi connectivity index (χ2n) is 6.33. The number of H-pyrrole nitrogens is 1. The molecule has 4 rings (SSSR count). The normalized spacial score (nSPS) is 16.7. The summed E-state index contributed by atoms with van der Waals surface area (Å²) in [4.78, 5) is 12.6. The van der Waals surface area contributed by atoms with Crippen molar-refractivity contribution < 1.29 is 9.90 Å². The maximum absolute atomic E-state index is 12.6. The number of aromatic nitrogens is 4. The summed E-state index contributed by atoms with van der Waals surface area (Å²) in [5.74, 6) is -0.303. The van der Waals surface area contributed by atoms with Crippen LogP contribution in [0.5, 0.6) is 0 Å². The average molecular weight is 355 g/mol. The lowest BCUT2D eigenvalue weighted by Gasteiger charge is -2.26. The van der Waals surface area contributed by atoms with E-state index in [2.05, 4.69) is 31.2 Å². The van der Waals surface area contributed by atoms with Crippen LogP contribution < -0.4 is 16.0 Å². The topological polar surface area (TPSA) is 119 Å². The van der Waals surface area contributed by atoms with Gasteiger partial charge in [-0.1, -0.05) is 6.07 Å². The third-order valence-corrected chi connectivity index (χ3v) is 4.59. The minimum absolute atomic E-state index is 0.220. The number of aromatic amines is 1. The third-order valence-electron chi connectivity index (χ3n) is 4.59. The molecule has 1 amide bonds. The Morgan fingerprint density at radius 1 is 1.31 bits per heavy atom. The Morgan fingerprint density at radius 2 is 2.15 bits per heavy atom. The smallest absolute Gasteiger partial charge is 0.259 e. The summed E-state index contributed by atoms with van der Waals surface area (Å²) >= 11 is 0. The predicted octanol–water partition coefficient (Wildman–Crippen LogP) is 0.642. The van der Waals surface area contributed by atoms with Crippen molar-refractivity contribution in [3.63, 3.8) is 0 Å². The van der Waals surface area contributed by atoms with Gasteiger partial charge in [0.25, 0.3) is 5.91 Å². The van der Waals surface area contributed by atoms with E-state index in [-0.39, 0.29) is 11.9 Å². The molecule has 1 atom stereocenters. The van der Waals surface area contributed by atoms with Crippen LogP contribution in [-0.4, -0.2) is 50.0 Å². The zero-order valence-electron chi connectivity index (χ0n) is 14.1. The highest BCUT2D eigenvalue weighted by Gasteiger charge is 2.22. The van der Waals surface area contributed by atoms with Crippen LogP contribution in [0.2, 0.25) is 0 Å². The standard InChI is InChI=1S/C17H21N7O2/c25-16(12-9-20-24-8-2-1-3-14(12)24)22-13-10-19-23-15(13)17(26)21-11-4-6-18-7-5-11/h1-3,8-11,17-18,21,26H,4-7H2,(H,19,23)(H,22,25). The van der Waals surface area contributed by atoms with Gasteiger partial charge in [-0.25, -0.2) is 4.52 Å². The van der Waals surface area contributed by atoms with Crippen molar-refractivity contribution in [3.8, 4) is 0 Å². The summed E-state index contributed by atoms with van der Waals surface area (Å²) in [7, 11) is 0. The molecule has 5 N–H and O–H groups in total. The minimum Gasteiger partial charge on any atom is -0.373 e. The van der Waals surface area contributed by atoms with Crippen LogP contribution in [0.25, 0.3) is 5.52 Å².